The van der Waals surface area contributed by atoms with E-state index in [1.165, 1.54) is 12.1 Å². The van der Waals surface area contributed by atoms with Crippen molar-refractivity contribution in [2.75, 3.05) is 0 Å². The van der Waals surface area contributed by atoms with Gasteiger partial charge in [-0.3, -0.25) is 4.57 Å². The van der Waals surface area contributed by atoms with Gasteiger partial charge >= 0.3 is 0 Å². The van der Waals surface area contributed by atoms with Gasteiger partial charge in [0.25, 0.3) is 0 Å². The summed E-state index contributed by atoms with van der Waals surface area (Å²) >= 11 is 1.59. The lowest BCUT2D eigenvalue weighted by Gasteiger charge is -2.09. The average molecular weight is 339 g/mol. The number of allylic oxidation sites excluding steroid dienone is 1. The predicted octanol–water partition coefficient (Wildman–Crippen LogP) is 4.87. The Morgan fingerprint density at radius 1 is 1.12 bits per heavy atom. The van der Waals surface area contributed by atoms with Gasteiger partial charge in [-0.1, -0.05) is 54.2 Å². The second-order valence-electron chi connectivity index (χ2n) is 5.44. The normalized spacial score (nSPS) is 10.8. The summed E-state index contributed by atoms with van der Waals surface area (Å²) in [4.78, 5) is 0. The molecule has 2 aromatic carbocycles. The Hall–Kier alpha value is -2.40. The molecule has 3 nitrogen and oxygen atoms in total. The van der Waals surface area contributed by atoms with Crippen molar-refractivity contribution < 1.29 is 4.39 Å². The van der Waals surface area contributed by atoms with E-state index in [2.05, 4.69) is 34.3 Å². The van der Waals surface area contributed by atoms with E-state index in [1.807, 2.05) is 24.3 Å². The van der Waals surface area contributed by atoms with Crippen molar-refractivity contribution in [2.45, 2.75) is 24.4 Å². The molecule has 1 aromatic heterocycles. The summed E-state index contributed by atoms with van der Waals surface area (Å²) in [6.07, 6.45) is 1.84. The third-order valence-electron chi connectivity index (χ3n) is 3.70. The van der Waals surface area contributed by atoms with E-state index in [-0.39, 0.29) is 5.82 Å². The fraction of sp³-hybridized carbons (Fsp3) is 0.158. The third-order valence-corrected chi connectivity index (χ3v) is 4.73. The molecule has 0 unspecified atom stereocenters. The van der Waals surface area contributed by atoms with Crippen LogP contribution in [0.3, 0.4) is 0 Å². The zero-order chi connectivity index (χ0) is 16.9. The SMILES string of the molecule is C=CCn1c(SCc2ccc(F)cc2)nnc1-c1ccccc1C. The van der Waals surface area contributed by atoms with Crippen molar-refractivity contribution in [1.82, 2.24) is 14.8 Å². The molecule has 5 heteroatoms. The zero-order valence-corrected chi connectivity index (χ0v) is 14.3. The van der Waals surface area contributed by atoms with E-state index in [0.717, 1.165) is 27.7 Å². The topological polar surface area (TPSA) is 30.7 Å². The molecule has 0 aliphatic rings. The van der Waals surface area contributed by atoms with Crippen LogP contribution in [0, 0.1) is 12.7 Å². The summed E-state index contributed by atoms with van der Waals surface area (Å²) < 4.78 is 15.1. The van der Waals surface area contributed by atoms with Crippen LogP contribution >= 0.6 is 11.8 Å². The number of thioether (sulfide) groups is 1. The van der Waals surface area contributed by atoms with Crippen LogP contribution in [0.4, 0.5) is 4.39 Å². The molecule has 0 spiro atoms. The summed E-state index contributed by atoms with van der Waals surface area (Å²) in [5, 5.41) is 9.55. The first-order valence-electron chi connectivity index (χ1n) is 7.66. The Kier molecular flexibility index (Phi) is 5.11. The number of rotatable bonds is 6. The maximum atomic E-state index is 13.0. The van der Waals surface area contributed by atoms with Gasteiger partial charge in [-0.2, -0.15) is 0 Å². The fourth-order valence-corrected chi connectivity index (χ4v) is 3.34. The van der Waals surface area contributed by atoms with Crippen LogP contribution < -0.4 is 0 Å². The molecule has 0 amide bonds. The summed E-state index contributed by atoms with van der Waals surface area (Å²) in [5.74, 6) is 1.33. The van der Waals surface area contributed by atoms with E-state index in [4.69, 9.17) is 0 Å². The van der Waals surface area contributed by atoms with Crippen LogP contribution in [0.25, 0.3) is 11.4 Å². The van der Waals surface area contributed by atoms with Crippen molar-refractivity contribution in [3.05, 3.63) is 78.1 Å². The minimum atomic E-state index is -0.222. The van der Waals surface area contributed by atoms with Gasteiger partial charge < -0.3 is 0 Å². The van der Waals surface area contributed by atoms with Crippen LogP contribution in [0.2, 0.25) is 0 Å². The Balaban J connectivity index is 1.87. The molecular formula is C19H18FN3S. The number of hydrogen-bond acceptors (Lipinski definition) is 3. The highest BCUT2D eigenvalue weighted by atomic mass is 32.2. The minimum absolute atomic E-state index is 0.222. The number of aromatic nitrogens is 3. The van der Waals surface area contributed by atoms with E-state index in [0.29, 0.717) is 12.3 Å². The first-order valence-corrected chi connectivity index (χ1v) is 8.65. The van der Waals surface area contributed by atoms with Gasteiger partial charge in [0, 0.05) is 17.9 Å². The molecule has 0 aliphatic carbocycles. The van der Waals surface area contributed by atoms with Crippen LogP contribution in [-0.4, -0.2) is 14.8 Å². The maximum Gasteiger partial charge on any atom is 0.192 e. The molecule has 0 aliphatic heterocycles. The molecular weight excluding hydrogens is 321 g/mol. The molecule has 0 atom stereocenters. The quantitative estimate of drug-likeness (QED) is 0.474. The number of halogens is 1. The molecule has 0 saturated carbocycles. The fourth-order valence-electron chi connectivity index (χ4n) is 2.44. The Labute approximate surface area is 145 Å². The highest BCUT2D eigenvalue weighted by molar-refractivity contribution is 7.98. The van der Waals surface area contributed by atoms with E-state index >= 15 is 0 Å². The molecule has 0 radical (unpaired) electrons. The molecule has 3 aromatic rings. The monoisotopic (exact) mass is 339 g/mol. The van der Waals surface area contributed by atoms with Crippen molar-refractivity contribution in [2.24, 2.45) is 0 Å². The van der Waals surface area contributed by atoms with E-state index in [9.17, 15) is 4.39 Å². The van der Waals surface area contributed by atoms with Gasteiger partial charge in [0.05, 0.1) is 0 Å². The summed E-state index contributed by atoms with van der Waals surface area (Å²) in [5.41, 5.74) is 3.28. The van der Waals surface area contributed by atoms with Crippen LogP contribution in [-0.2, 0) is 12.3 Å². The Morgan fingerprint density at radius 3 is 2.58 bits per heavy atom. The van der Waals surface area contributed by atoms with Crippen LogP contribution in [0.1, 0.15) is 11.1 Å². The predicted molar refractivity (Wildman–Crippen MR) is 96.4 cm³/mol. The number of aryl methyl sites for hydroxylation is 1. The van der Waals surface area contributed by atoms with Crippen molar-refractivity contribution in [3.8, 4) is 11.4 Å². The van der Waals surface area contributed by atoms with Crippen LogP contribution in [0.5, 0.6) is 0 Å². The smallest absolute Gasteiger partial charge is 0.192 e. The number of hydrogen-bond donors (Lipinski definition) is 0. The van der Waals surface area contributed by atoms with Crippen molar-refractivity contribution in [1.29, 1.82) is 0 Å². The molecule has 0 N–H and O–H groups in total. The van der Waals surface area contributed by atoms with Crippen molar-refractivity contribution >= 4 is 11.8 Å². The molecule has 1 heterocycles. The van der Waals surface area contributed by atoms with Gasteiger partial charge in [-0.05, 0) is 30.2 Å². The molecule has 122 valence electrons. The lowest BCUT2D eigenvalue weighted by Crippen LogP contribution is -2.01. The van der Waals surface area contributed by atoms with Gasteiger partial charge in [0.2, 0.25) is 0 Å². The molecule has 0 fully saturated rings. The molecule has 0 bridgehead atoms. The van der Waals surface area contributed by atoms with Gasteiger partial charge in [-0.15, -0.1) is 16.8 Å². The number of nitrogens with zero attached hydrogens (tertiary/aromatic N) is 3. The van der Waals surface area contributed by atoms with Crippen molar-refractivity contribution in [3.63, 3.8) is 0 Å². The summed E-state index contributed by atoms with van der Waals surface area (Å²) in [6.45, 7) is 6.54. The summed E-state index contributed by atoms with van der Waals surface area (Å²) in [6, 6.07) is 14.7. The standard InChI is InChI=1S/C19H18FN3S/c1-3-12-23-18(17-7-5-4-6-14(17)2)21-22-19(23)24-13-15-8-10-16(20)11-9-15/h3-11H,1,12-13H2,2H3. The Morgan fingerprint density at radius 2 is 1.88 bits per heavy atom. The molecule has 24 heavy (non-hydrogen) atoms. The summed E-state index contributed by atoms with van der Waals surface area (Å²) in [7, 11) is 0. The zero-order valence-electron chi connectivity index (χ0n) is 13.4. The lowest BCUT2D eigenvalue weighted by atomic mass is 10.1. The second kappa shape index (κ2) is 7.45. The van der Waals surface area contributed by atoms with E-state index in [1.54, 1.807) is 23.9 Å². The maximum absolute atomic E-state index is 13.0. The molecule has 0 saturated heterocycles. The van der Waals surface area contributed by atoms with Gasteiger partial charge in [0.1, 0.15) is 5.82 Å². The molecule has 3 rings (SSSR count). The minimum Gasteiger partial charge on any atom is -0.298 e. The van der Waals surface area contributed by atoms with E-state index < -0.39 is 0 Å². The second-order valence-corrected chi connectivity index (χ2v) is 6.38. The van der Waals surface area contributed by atoms with Gasteiger partial charge in [-0.25, -0.2) is 4.39 Å². The first-order chi connectivity index (χ1) is 11.7. The van der Waals surface area contributed by atoms with Crippen LogP contribution in [0.15, 0.2) is 66.3 Å². The third kappa shape index (κ3) is 3.57. The lowest BCUT2D eigenvalue weighted by molar-refractivity contribution is 0.627. The first kappa shape index (κ1) is 16.5. The van der Waals surface area contributed by atoms with Gasteiger partial charge in [0.15, 0.2) is 11.0 Å². The number of benzene rings is 2. The average Bonchev–Trinajstić information content (AvgIpc) is 2.98. The Bertz CT molecular complexity index is 840. The largest absolute Gasteiger partial charge is 0.298 e. The highest BCUT2D eigenvalue weighted by Crippen LogP contribution is 2.28. The highest BCUT2D eigenvalue weighted by Gasteiger charge is 2.14.